The summed E-state index contributed by atoms with van der Waals surface area (Å²) in [7, 11) is 0. The van der Waals surface area contributed by atoms with Crippen LogP contribution < -0.4 is 4.90 Å². The van der Waals surface area contributed by atoms with Gasteiger partial charge in [-0.05, 0) is 68.4 Å². The van der Waals surface area contributed by atoms with Crippen molar-refractivity contribution in [3.8, 4) is 0 Å². The van der Waals surface area contributed by atoms with Crippen molar-refractivity contribution in [1.29, 1.82) is 0 Å². The lowest BCUT2D eigenvalue weighted by atomic mass is 10.1. The highest BCUT2D eigenvalue weighted by Crippen LogP contribution is 2.32. The fourth-order valence-electron chi connectivity index (χ4n) is 3.36. The van der Waals surface area contributed by atoms with Crippen LogP contribution in [0.4, 0.5) is 9.52 Å². The Kier molecular flexibility index (Phi) is 8.46. The summed E-state index contributed by atoms with van der Waals surface area (Å²) in [5.74, 6) is 0.481. The van der Waals surface area contributed by atoms with Gasteiger partial charge < -0.3 is 4.90 Å². The summed E-state index contributed by atoms with van der Waals surface area (Å²) in [4.78, 5) is 23.2. The Labute approximate surface area is 192 Å². The lowest BCUT2D eigenvalue weighted by molar-refractivity contribution is -0.118. The molecule has 0 radical (unpaired) electrons. The summed E-state index contributed by atoms with van der Waals surface area (Å²) in [5.41, 5.74) is 3.37. The Balaban J connectivity index is 1.76. The molecule has 0 fully saturated rings. The molecule has 1 heterocycles. The molecule has 2 aromatic carbocycles. The van der Waals surface area contributed by atoms with Crippen LogP contribution in [-0.2, 0) is 4.79 Å². The van der Waals surface area contributed by atoms with Gasteiger partial charge >= 0.3 is 0 Å². The van der Waals surface area contributed by atoms with Gasteiger partial charge in [0, 0.05) is 30.2 Å². The predicted octanol–water partition coefficient (Wildman–Crippen LogP) is 5.91. The molecule has 0 saturated carbocycles. The lowest BCUT2D eigenvalue weighted by Gasteiger charge is -2.24. The zero-order valence-corrected chi connectivity index (χ0v) is 20.3. The molecule has 4 nitrogen and oxygen atoms in total. The lowest BCUT2D eigenvalue weighted by Crippen LogP contribution is -2.39. The molecule has 0 saturated heterocycles. The third-order valence-corrected chi connectivity index (χ3v) is 7.60. The van der Waals surface area contributed by atoms with Gasteiger partial charge in [-0.2, -0.15) is 0 Å². The predicted molar refractivity (Wildman–Crippen MR) is 131 cm³/mol. The molecule has 0 N–H and O–H groups in total. The number of amides is 1. The van der Waals surface area contributed by atoms with Gasteiger partial charge in [0.2, 0.25) is 5.91 Å². The minimum absolute atomic E-state index is 0.0789. The number of halogens is 1. The first kappa shape index (κ1) is 23.7. The second-order valence-electron chi connectivity index (χ2n) is 7.48. The molecular formula is C24H30FN3OS2. The maximum absolute atomic E-state index is 13.2. The van der Waals surface area contributed by atoms with Crippen molar-refractivity contribution < 1.29 is 9.18 Å². The largest absolute Gasteiger partial charge is 0.302 e. The quantitative estimate of drug-likeness (QED) is 0.353. The summed E-state index contributed by atoms with van der Waals surface area (Å²) in [5, 5.41) is 0.771. The first-order valence-electron chi connectivity index (χ1n) is 10.7. The Morgan fingerprint density at radius 2 is 1.77 bits per heavy atom. The number of likely N-dealkylation sites (N-methyl/N-ethyl adjacent to an activating group) is 1. The van der Waals surface area contributed by atoms with E-state index in [1.807, 2.05) is 4.90 Å². The number of aromatic nitrogens is 1. The van der Waals surface area contributed by atoms with E-state index in [2.05, 4.69) is 44.7 Å². The second-order valence-corrected chi connectivity index (χ2v) is 9.65. The normalized spacial score (nSPS) is 11.4. The van der Waals surface area contributed by atoms with Crippen LogP contribution in [0.15, 0.2) is 41.3 Å². The fourth-order valence-corrected chi connectivity index (χ4v) is 5.27. The van der Waals surface area contributed by atoms with Gasteiger partial charge in [0.1, 0.15) is 5.82 Å². The molecule has 0 aliphatic carbocycles. The van der Waals surface area contributed by atoms with E-state index in [1.54, 1.807) is 35.2 Å². The zero-order chi connectivity index (χ0) is 22.4. The van der Waals surface area contributed by atoms with Crippen LogP contribution in [0.5, 0.6) is 0 Å². The smallest absolute Gasteiger partial charge is 0.229 e. The van der Waals surface area contributed by atoms with Crippen molar-refractivity contribution in [2.24, 2.45) is 0 Å². The van der Waals surface area contributed by atoms with Crippen molar-refractivity contribution in [1.82, 2.24) is 9.88 Å². The summed E-state index contributed by atoms with van der Waals surface area (Å²) in [6, 6.07) is 10.6. The standard InChI is InChI=1S/C24H30FN3OS2/c1-5-27(6-2)14-15-28(22(29)13-16-30-20-10-8-19(25)9-11-20)24-26-23-18(4)17(3)7-12-21(23)31-24/h7-12H,5-6,13-16H2,1-4H3. The number of thiazole rings is 1. The molecule has 0 unspecified atom stereocenters. The summed E-state index contributed by atoms with van der Waals surface area (Å²) >= 11 is 3.15. The van der Waals surface area contributed by atoms with Crippen LogP contribution in [-0.4, -0.2) is 47.7 Å². The maximum atomic E-state index is 13.2. The summed E-state index contributed by atoms with van der Waals surface area (Å²) in [6.07, 6.45) is 0.411. The number of carbonyl (C=O) groups excluding carboxylic acids is 1. The average molecular weight is 460 g/mol. The SMILES string of the molecule is CCN(CC)CCN(C(=O)CCSc1ccc(F)cc1)c1nc2c(C)c(C)ccc2s1. The molecule has 0 aliphatic heterocycles. The second kappa shape index (κ2) is 11.1. The van der Waals surface area contributed by atoms with Crippen molar-refractivity contribution in [2.45, 2.75) is 39.0 Å². The molecule has 7 heteroatoms. The number of rotatable bonds is 10. The van der Waals surface area contributed by atoms with E-state index in [0.29, 0.717) is 18.7 Å². The van der Waals surface area contributed by atoms with E-state index in [-0.39, 0.29) is 11.7 Å². The highest BCUT2D eigenvalue weighted by Gasteiger charge is 2.21. The Morgan fingerprint density at radius 1 is 1.06 bits per heavy atom. The number of anilines is 1. The van der Waals surface area contributed by atoms with Gasteiger partial charge in [0.05, 0.1) is 10.2 Å². The topological polar surface area (TPSA) is 36.4 Å². The number of fused-ring (bicyclic) bond motifs is 1. The molecule has 31 heavy (non-hydrogen) atoms. The van der Waals surface area contributed by atoms with Crippen LogP contribution in [0.1, 0.15) is 31.4 Å². The van der Waals surface area contributed by atoms with Gasteiger partial charge in [-0.15, -0.1) is 11.8 Å². The van der Waals surface area contributed by atoms with Crippen LogP contribution >= 0.6 is 23.1 Å². The van der Waals surface area contributed by atoms with E-state index in [4.69, 9.17) is 4.98 Å². The number of carbonyl (C=O) groups is 1. The number of hydrogen-bond acceptors (Lipinski definition) is 5. The van der Waals surface area contributed by atoms with Gasteiger partial charge in [-0.1, -0.05) is 31.3 Å². The summed E-state index contributed by atoms with van der Waals surface area (Å²) < 4.78 is 14.2. The number of hydrogen-bond donors (Lipinski definition) is 0. The molecule has 0 aliphatic rings. The highest BCUT2D eigenvalue weighted by atomic mass is 32.2. The molecule has 1 aromatic heterocycles. The van der Waals surface area contributed by atoms with Crippen molar-refractivity contribution in [3.05, 3.63) is 53.3 Å². The number of nitrogens with zero attached hydrogens (tertiary/aromatic N) is 3. The Bertz CT molecular complexity index is 1020. The van der Waals surface area contributed by atoms with Crippen LogP contribution in [0.3, 0.4) is 0 Å². The van der Waals surface area contributed by atoms with Crippen molar-refractivity contribution in [2.75, 3.05) is 36.8 Å². The van der Waals surface area contributed by atoms with Gasteiger partial charge in [0.25, 0.3) is 0 Å². The van der Waals surface area contributed by atoms with Gasteiger partial charge in [-0.3, -0.25) is 9.69 Å². The molecule has 1 amide bonds. The number of benzene rings is 2. The van der Waals surface area contributed by atoms with Crippen molar-refractivity contribution >= 4 is 44.4 Å². The molecule has 0 spiro atoms. The first-order valence-corrected chi connectivity index (χ1v) is 12.5. The minimum Gasteiger partial charge on any atom is -0.302 e. The molecule has 0 bridgehead atoms. The highest BCUT2D eigenvalue weighted by molar-refractivity contribution is 7.99. The van der Waals surface area contributed by atoms with Crippen LogP contribution in [0, 0.1) is 19.7 Å². The van der Waals surface area contributed by atoms with Gasteiger partial charge in [-0.25, -0.2) is 9.37 Å². The Morgan fingerprint density at radius 3 is 2.45 bits per heavy atom. The zero-order valence-electron chi connectivity index (χ0n) is 18.7. The monoisotopic (exact) mass is 459 g/mol. The molecule has 166 valence electrons. The Hall–Kier alpha value is -1.96. The van der Waals surface area contributed by atoms with Crippen molar-refractivity contribution in [3.63, 3.8) is 0 Å². The van der Waals surface area contributed by atoms with E-state index < -0.39 is 0 Å². The number of thioether (sulfide) groups is 1. The fraction of sp³-hybridized carbons (Fsp3) is 0.417. The maximum Gasteiger partial charge on any atom is 0.229 e. The first-order chi connectivity index (χ1) is 14.9. The molecule has 0 atom stereocenters. The minimum atomic E-state index is -0.246. The summed E-state index contributed by atoms with van der Waals surface area (Å²) in [6.45, 7) is 11.8. The van der Waals surface area contributed by atoms with Crippen LogP contribution in [0.2, 0.25) is 0 Å². The van der Waals surface area contributed by atoms with E-state index >= 15 is 0 Å². The van der Waals surface area contributed by atoms with E-state index in [9.17, 15) is 9.18 Å². The number of aryl methyl sites for hydroxylation is 2. The van der Waals surface area contributed by atoms with E-state index in [0.717, 1.165) is 39.9 Å². The van der Waals surface area contributed by atoms with Crippen LogP contribution in [0.25, 0.3) is 10.2 Å². The molecule has 3 aromatic rings. The third-order valence-electron chi connectivity index (χ3n) is 5.54. The average Bonchev–Trinajstić information content (AvgIpc) is 3.20. The third kappa shape index (κ3) is 6.05. The molecule has 3 rings (SSSR count). The molecular weight excluding hydrogens is 429 g/mol. The van der Waals surface area contributed by atoms with E-state index in [1.165, 1.54) is 23.3 Å². The van der Waals surface area contributed by atoms with Gasteiger partial charge in [0.15, 0.2) is 5.13 Å².